The molecule has 0 aromatic carbocycles. The molecule has 2 heterocycles. The molecule has 0 aliphatic heterocycles. The van der Waals surface area contributed by atoms with Gasteiger partial charge in [0.25, 0.3) is 5.91 Å². The molecule has 0 radical (unpaired) electrons. The topological polar surface area (TPSA) is 84.8 Å². The summed E-state index contributed by atoms with van der Waals surface area (Å²) in [4.78, 5) is 15.3. The van der Waals surface area contributed by atoms with Crippen molar-refractivity contribution in [1.82, 2.24) is 9.55 Å². The number of aromatic nitrogens is 2. The van der Waals surface area contributed by atoms with Crippen molar-refractivity contribution in [3.05, 3.63) is 58.4 Å². The Morgan fingerprint density at radius 2 is 1.95 bits per heavy atom. The second-order valence-corrected chi connectivity index (χ2v) is 4.59. The fraction of sp³-hybridized carbons (Fsp3) is 0.154. The normalized spacial score (nSPS) is 11.0. The maximum atomic E-state index is 11.3. The first-order valence-electron chi connectivity index (χ1n) is 5.66. The van der Waals surface area contributed by atoms with Crippen LogP contribution >= 0.6 is 36.4 Å². The van der Waals surface area contributed by atoms with E-state index in [9.17, 15) is 4.79 Å². The minimum Gasteiger partial charge on any atom is -0.365 e. The Balaban J connectivity index is 0.00000200. The zero-order chi connectivity index (χ0) is 14.0. The fourth-order valence-corrected chi connectivity index (χ4v) is 2.09. The lowest BCUT2D eigenvalue weighted by Crippen LogP contribution is -2.31. The average molecular weight is 350 g/mol. The van der Waals surface area contributed by atoms with Gasteiger partial charge in [-0.3, -0.25) is 15.2 Å². The third-order valence-corrected chi connectivity index (χ3v) is 3.14. The predicted molar refractivity (Wildman–Crippen MR) is 86.4 cm³/mol. The SMILES string of the molecule is CC(c1ccncc1)n1cc(Cl)cc(C(N)=O)c1=N.Cl.Cl. The summed E-state index contributed by atoms with van der Waals surface area (Å²) in [6, 6.07) is 4.96. The summed E-state index contributed by atoms with van der Waals surface area (Å²) < 4.78 is 1.61. The molecule has 1 atom stereocenters. The van der Waals surface area contributed by atoms with Crippen LogP contribution in [-0.4, -0.2) is 15.5 Å². The maximum Gasteiger partial charge on any atom is 0.252 e. The Kier molecular flexibility index (Phi) is 7.43. The molecule has 0 saturated carbocycles. The average Bonchev–Trinajstić information content (AvgIpc) is 2.41. The molecule has 8 heteroatoms. The van der Waals surface area contributed by atoms with Gasteiger partial charge in [0.15, 0.2) is 0 Å². The molecule has 5 nitrogen and oxygen atoms in total. The first kappa shape index (κ1) is 19.4. The van der Waals surface area contributed by atoms with Gasteiger partial charge in [0.05, 0.1) is 16.6 Å². The molecule has 3 N–H and O–H groups in total. The van der Waals surface area contributed by atoms with Gasteiger partial charge < -0.3 is 10.3 Å². The van der Waals surface area contributed by atoms with Gasteiger partial charge in [-0.1, -0.05) is 11.6 Å². The first-order chi connectivity index (χ1) is 9.00. The molecular weight excluding hydrogens is 335 g/mol. The molecule has 0 fully saturated rings. The van der Waals surface area contributed by atoms with Crippen molar-refractivity contribution in [2.24, 2.45) is 5.73 Å². The first-order valence-corrected chi connectivity index (χ1v) is 6.04. The Labute approximate surface area is 139 Å². The molecule has 0 saturated heterocycles. The summed E-state index contributed by atoms with van der Waals surface area (Å²) in [5.41, 5.74) is 6.36. The van der Waals surface area contributed by atoms with Gasteiger partial charge in [0.1, 0.15) is 5.49 Å². The Morgan fingerprint density at radius 3 is 2.48 bits per heavy atom. The predicted octanol–water partition coefficient (Wildman–Crippen LogP) is 2.57. The van der Waals surface area contributed by atoms with E-state index < -0.39 is 5.91 Å². The minimum absolute atomic E-state index is 0. The molecule has 114 valence electrons. The van der Waals surface area contributed by atoms with Gasteiger partial charge in [0, 0.05) is 18.6 Å². The number of carbonyl (C=O) groups excluding carboxylic acids is 1. The van der Waals surface area contributed by atoms with Crippen LogP contribution in [-0.2, 0) is 0 Å². The van der Waals surface area contributed by atoms with Gasteiger partial charge in [-0.15, -0.1) is 24.8 Å². The summed E-state index contributed by atoms with van der Waals surface area (Å²) in [6.45, 7) is 1.91. The van der Waals surface area contributed by atoms with E-state index in [1.54, 1.807) is 23.2 Å². The molecule has 1 unspecified atom stereocenters. The Bertz CT molecular complexity index is 673. The van der Waals surface area contributed by atoms with Crippen molar-refractivity contribution in [1.29, 1.82) is 5.41 Å². The van der Waals surface area contributed by atoms with Gasteiger partial charge >= 0.3 is 0 Å². The Morgan fingerprint density at radius 1 is 1.38 bits per heavy atom. The van der Waals surface area contributed by atoms with E-state index in [4.69, 9.17) is 22.7 Å². The van der Waals surface area contributed by atoms with E-state index in [0.29, 0.717) is 5.02 Å². The van der Waals surface area contributed by atoms with Crippen LogP contribution in [0, 0.1) is 5.41 Å². The summed E-state index contributed by atoms with van der Waals surface area (Å²) in [7, 11) is 0. The molecule has 2 rings (SSSR count). The standard InChI is InChI=1S/C13H13ClN4O.2ClH/c1-8(9-2-4-17-5-3-9)18-7-10(14)6-11(12(18)15)13(16)19;;/h2-8,15H,1H3,(H2,16,19);2*1H. The van der Waals surface area contributed by atoms with Crippen LogP contribution in [0.2, 0.25) is 5.02 Å². The molecule has 0 bridgehead atoms. The van der Waals surface area contributed by atoms with Crippen LogP contribution in [0.15, 0.2) is 36.8 Å². The summed E-state index contributed by atoms with van der Waals surface area (Å²) >= 11 is 5.97. The summed E-state index contributed by atoms with van der Waals surface area (Å²) in [5, 5.41) is 8.41. The quantitative estimate of drug-likeness (QED) is 0.892. The number of carbonyl (C=O) groups is 1. The van der Waals surface area contributed by atoms with E-state index in [1.807, 2.05) is 19.1 Å². The van der Waals surface area contributed by atoms with Crippen molar-refractivity contribution >= 4 is 42.3 Å². The molecule has 2 aromatic heterocycles. The minimum atomic E-state index is -0.664. The van der Waals surface area contributed by atoms with Crippen LogP contribution in [0.3, 0.4) is 0 Å². The molecule has 0 aliphatic carbocycles. The number of amides is 1. The van der Waals surface area contributed by atoms with Crippen LogP contribution in [0.4, 0.5) is 0 Å². The number of halogens is 3. The van der Waals surface area contributed by atoms with E-state index in [2.05, 4.69) is 4.98 Å². The van der Waals surface area contributed by atoms with Crippen LogP contribution in [0.25, 0.3) is 0 Å². The van der Waals surface area contributed by atoms with E-state index in [1.165, 1.54) is 6.07 Å². The maximum absolute atomic E-state index is 11.3. The third-order valence-electron chi connectivity index (χ3n) is 2.93. The van der Waals surface area contributed by atoms with Gasteiger partial charge in [-0.25, -0.2) is 0 Å². The second-order valence-electron chi connectivity index (χ2n) is 4.15. The third kappa shape index (κ3) is 4.20. The smallest absolute Gasteiger partial charge is 0.252 e. The van der Waals surface area contributed by atoms with E-state index in [-0.39, 0.29) is 41.9 Å². The highest BCUT2D eigenvalue weighted by atomic mass is 35.5. The second kappa shape index (κ2) is 8.02. The zero-order valence-corrected chi connectivity index (χ0v) is 13.5. The fourth-order valence-electron chi connectivity index (χ4n) is 1.88. The monoisotopic (exact) mass is 348 g/mol. The zero-order valence-electron chi connectivity index (χ0n) is 11.1. The lowest BCUT2D eigenvalue weighted by atomic mass is 10.1. The molecule has 2 aromatic rings. The largest absolute Gasteiger partial charge is 0.365 e. The summed E-state index contributed by atoms with van der Waals surface area (Å²) in [6.07, 6.45) is 4.96. The van der Waals surface area contributed by atoms with E-state index in [0.717, 1.165) is 5.56 Å². The van der Waals surface area contributed by atoms with Crippen LogP contribution in [0.5, 0.6) is 0 Å². The lowest BCUT2D eigenvalue weighted by Gasteiger charge is -2.18. The van der Waals surface area contributed by atoms with Gasteiger partial charge in [0.2, 0.25) is 0 Å². The number of pyridine rings is 2. The van der Waals surface area contributed by atoms with Crippen LogP contribution in [0.1, 0.15) is 28.9 Å². The van der Waals surface area contributed by atoms with Crippen LogP contribution < -0.4 is 11.2 Å². The number of primary amides is 1. The number of nitrogens with one attached hydrogen (secondary N) is 1. The number of nitrogens with two attached hydrogens (primary N) is 1. The van der Waals surface area contributed by atoms with Crippen molar-refractivity contribution in [3.8, 4) is 0 Å². The highest BCUT2D eigenvalue weighted by Gasteiger charge is 2.13. The number of hydrogen-bond donors (Lipinski definition) is 2. The Hall–Kier alpha value is -1.56. The van der Waals surface area contributed by atoms with Crippen molar-refractivity contribution < 1.29 is 4.79 Å². The number of hydrogen-bond acceptors (Lipinski definition) is 3. The molecule has 21 heavy (non-hydrogen) atoms. The molecule has 0 spiro atoms. The molecular formula is C13H15Cl3N4O. The van der Waals surface area contributed by atoms with E-state index >= 15 is 0 Å². The van der Waals surface area contributed by atoms with Crippen molar-refractivity contribution in [3.63, 3.8) is 0 Å². The molecule has 1 amide bonds. The lowest BCUT2D eigenvalue weighted by molar-refractivity contribution is 0.0997. The highest BCUT2D eigenvalue weighted by Crippen LogP contribution is 2.17. The highest BCUT2D eigenvalue weighted by molar-refractivity contribution is 6.30. The van der Waals surface area contributed by atoms with Gasteiger partial charge in [-0.2, -0.15) is 0 Å². The molecule has 0 aliphatic rings. The number of nitrogens with zero attached hydrogens (tertiary/aromatic N) is 2. The summed E-state index contributed by atoms with van der Waals surface area (Å²) in [5.74, 6) is -0.664. The number of rotatable bonds is 3. The van der Waals surface area contributed by atoms with Gasteiger partial charge in [-0.05, 0) is 30.7 Å². The van der Waals surface area contributed by atoms with Crippen molar-refractivity contribution in [2.75, 3.05) is 0 Å². The van der Waals surface area contributed by atoms with Crippen molar-refractivity contribution in [2.45, 2.75) is 13.0 Å².